The van der Waals surface area contributed by atoms with Crippen LogP contribution in [0, 0.1) is 5.82 Å². The van der Waals surface area contributed by atoms with Crippen LogP contribution in [0.1, 0.15) is 19.4 Å². The highest BCUT2D eigenvalue weighted by Gasteiger charge is 2.47. The Kier molecular flexibility index (Phi) is 4.30. The van der Waals surface area contributed by atoms with Crippen LogP contribution >= 0.6 is 15.9 Å². The van der Waals surface area contributed by atoms with Gasteiger partial charge in [0.2, 0.25) is 0 Å². The minimum Gasteiger partial charge on any atom is -0.453 e. The van der Waals surface area contributed by atoms with E-state index >= 15 is 0 Å². The summed E-state index contributed by atoms with van der Waals surface area (Å²) >= 11 is 3.16. The van der Waals surface area contributed by atoms with Gasteiger partial charge in [0.25, 0.3) is 10.0 Å². The standard InChI is InChI=1S/C13H15BrFNO4S/c1-13(2)11(21(17,18)16-12(19-3)20-13)6-8-4-5-9(14)7-10(8)15/h4-5,7,11H,6H2,1-3H3/t11-/m1/s1. The van der Waals surface area contributed by atoms with Gasteiger partial charge in [0, 0.05) is 4.47 Å². The number of hydrogen-bond donors (Lipinski definition) is 0. The average molecular weight is 380 g/mol. The van der Waals surface area contributed by atoms with E-state index in [1.807, 2.05) is 0 Å². The summed E-state index contributed by atoms with van der Waals surface area (Å²) in [5.74, 6) is -0.475. The second-order valence-corrected chi connectivity index (χ2v) is 7.91. The van der Waals surface area contributed by atoms with Crippen LogP contribution in [0.5, 0.6) is 0 Å². The molecule has 1 aliphatic heterocycles. The van der Waals surface area contributed by atoms with Gasteiger partial charge in [0.1, 0.15) is 16.7 Å². The van der Waals surface area contributed by atoms with E-state index < -0.39 is 26.7 Å². The van der Waals surface area contributed by atoms with Gasteiger partial charge >= 0.3 is 6.08 Å². The molecule has 0 spiro atoms. The summed E-state index contributed by atoms with van der Waals surface area (Å²) in [5, 5.41) is -1.00. The molecule has 21 heavy (non-hydrogen) atoms. The molecule has 2 rings (SSSR count). The van der Waals surface area contributed by atoms with E-state index in [0.29, 0.717) is 10.0 Å². The normalized spacial score (nSPS) is 23.1. The topological polar surface area (TPSA) is 65.0 Å². The van der Waals surface area contributed by atoms with E-state index in [9.17, 15) is 12.8 Å². The van der Waals surface area contributed by atoms with E-state index in [1.54, 1.807) is 26.0 Å². The van der Waals surface area contributed by atoms with Crippen molar-refractivity contribution in [1.82, 2.24) is 0 Å². The molecule has 1 aromatic rings. The number of methoxy groups -OCH3 is 1. The van der Waals surface area contributed by atoms with Crippen LogP contribution in [-0.4, -0.2) is 32.5 Å². The van der Waals surface area contributed by atoms with Crippen molar-refractivity contribution in [3.63, 3.8) is 0 Å². The lowest BCUT2D eigenvalue weighted by Gasteiger charge is -2.35. The van der Waals surface area contributed by atoms with Gasteiger partial charge in [0.05, 0.1) is 7.11 Å². The summed E-state index contributed by atoms with van der Waals surface area (Å²) in [7, 11) is -2.58. The van der Waals surface area contributed by atoms with Gasteiger partial charge in [0.15, 0.2) is 0 Å². The maximum absolute atomic E-state index is 13.9. The zero-order chi connectivity index (χ0) is 15.8. The second-order valence-electron chi connectivity index (χ2n) is 5.21. The molecule has 0 aliphatic carbocycles. The number of benzene rings is 1. The Hall–Kier alpha value is -1.15. The largest absolute Gasteiger partial charge is 0.453 e. The molecule has 0 unspecified atom stereocenters. The quantitative estimate of drug-likeness (QED) is 0.791. The minimum absolute atomic E-state index is 0.0328. The van der Waals surface area contributed by atoms with Gasteiger partial charge in [-0.2, -0.15) is 0 Å². The molecular formula is C13H15BrFNO4S. The molecule has 1 aliphatic rings. The van der Waals surface area contributed by atoms with Gasteiger partial charge in [-0.15, -0.1) is 0 Å². The van der Waals surface area contributed by atoms with Crippen LogP contribution in [0.4, 0.5) is 4.39 Å². The molecular weight excluding hydrogens is 365 g/mol. The van der Waals surface area contributed by atoms with Crippen LogP contribution in [0.25, 0.3) is 0 Å². The molecule has 0 aromatic heterocycles. The number of sulfonamides is 1. The van der Waals surface area contributed by atoms with E-state index in [-0.39, 0.29) is 12.5 Å². The van der Waals surface area contributed by atoms with E-state index in [4.69, 9.17) is 9.47 Å². The molecule has 8 heteroatoms. The number of rotatable bonds is 2. The fourth-order valence-electron chi connectivity index (χ4n) is 2.15. The fraction of sp³-hybridized carbons (Fsp3) is 0.462. The number of hydrogen-bond acceptors (Lipinski definition) is 4. The molecule has 116 valence electrons. The summed E-state index contributed by atoms with van der Waals surface area (Å²) in [4.78, 5) is 0. The Morgan fingerprint density at radius 3 is 2.67 bits per heavy atom. The van der Waals surface area contributed by atoms with E-state index in [1.165, 1.54) is 13.2 Å². The predicted octanol–water partition coefficient (Wildman–Crippen LogP) is 2.64. The highest BCUT2D eigenvalue weighted by molar-refractivity contribution is 9.10. The van der Waals surface area contributed by atoms with Gasteiger partial charge < -0.3 is 9.47 Å². The fourth-order valence-corrected chi connectivity index (χ4v) is 4.09. The number of ether oxygens (including phenoxy) is 2. The highest BCUT2D eigenvalue weighted by Crippen LogP contribution is 2.31. The third kappa shape index (κ3) is 3.37. The van der Waals surface area contributed by atoms with E-state index in [2.05, 4.69) is 20.3 Å². The lowest BCUT2D eigenvalue weighted by molar-refractivity contribution is 0.0444. The Labute approximate surface area is 131 Å². The van der Waals surface area contributed by atoms with Crippen molar-refractivity contribution in [2.24, 2.45) is 4.40 Å². The highest BCUT2D eigenvalue weighted by atomic mass is 79.9. The van der Waals surface area contributed by atoms with Crippen molar-refractivity contribution in [3.05, 3.63) is 34.1 Å². The van der Waals surface area contributed by atoms with Crippen LogP contribution in [0.2, 0.25) is 0 Å². The first-order valence-corrected chi connectivity index (χ1v) is 8.46. The maximum atomic E-state index is 13.9. The minimum atomic E-state index is -3.86. The molecule has 0 amide bonds. The summed E-state index contributed by atoms with van der Waals surface area (Å²) in [5.41, 5.74) is -0.787. The van der Waals surface area contributed by atoms with Crippen molar-refractivity contribution in [3.8, 4) is 0 Å². The Balaban J connectivity index is 2.40. The number of halogens is 2. The van der Waals surface area contributed by atoms with Gasteiger partial charge in [-0.05, 0) is 38.0 Å². The first-order chi connectivity index (χ1) is 9.65. The van der Waals surface area contributed by atoms with Crippen molar-refractivity contribution in [2.45, 2.75) is 31.1 Å². The van der Waals surface area contributed by atoms with Crippen LogP contribution in [0.3, 0.4) is 0 Å². The molecule has 1 atom stereocenters. The molecule has 0 fully saturated rings. The molecule has 0 N–H and O–H groups in total. The molecule has 1 heterocycles. The molecule has 5 nitrogen and oxygen atoms in total. The molecule has 1 aromatic carbocycles. The Morgan fingerprint density at radius 2 is 2.14 bits per heavy atom. The van der Waals surface area contributed by atoms with Gasteiger partial charge in [-0.3, -0.25) is 0 Å². The Morgan fingerprint density at radius 1 is 1.48 bits per heavy atom. The SMILES string of the molecule is COC1=NS(=O)(=O)[C@H](Cc2ccc(Br)cc2F)C(C)(C)O1. The summed E-state index contributed by atoms with van der Waals surface area (Å²) in [6.45, 7) is 3.22. The molecule has 0 saturated heterocycles. The Bertz CT molecular complexity index is 687. The smallest absolute Gasteiger partial charge is 0.399 e. The van der Waals surface area contributed by atoms with Gasteiger partial charge in [-0.1, -0.05) is 26.4 Å². The van der Waals surface area contributed by atoms with Crippen LogP contribution < -0.4 is 0 Å². The van der Waals surface area contributed by atoms with Gasteiger partial charge in [-0.25, -0.2) is 12.8 Å². The van der Waals surface area contributed by atoms with E-state index in [0.717, 1.165) is 0 Å². The summed E-state index contributed by atoms with van der Waals surface area (Å²) in [6, 6.07) is 4.49. The van der Waals surface area contributed by atoms with Crippen molar-refractivity contribution < 1.29 is 22.3 Å². The van der Waals surface area contributed by atoms with Crippen molar-refractivity contribution in [1.29, 1.82) is 0 Å². The second kappa shape index (κ2) is 5.57. The summed E-state index contributed by atoms with van der Waals surface area (Å²) < 4.78 is 52.7. The summed E-state index contributed by atoms with van der Waals surface area (Å²) in [6.07, 6.45) is -0.331. The molecule has 0 bridgehead atoms. The van der Waals surface area contributed by atoms with Crippen LogP contribution in [0.15, 0.2) is 27.1 Å². The molecule has 0 radical (unpaired) electrons. The average Bonchev–Trinajstić information content (AvgIpc) is 2.34. The number of nitrogens with zero attached hydrogens (tertiary/aromatic N) is 1. The molecule has 0 saturated carbocycles. The lowest BCUT2D eigenvalue weighted by Crippen LogP contribution is -2.50. The first kappa shape index (κ1) is 16.2. The monoisotopic (exact) mass is 379 g/mol. The maximum Gasteiger partial charge on any atom is 0.399 e. The zero-order valence-corrected chi connectivity index (χ0v) is 14.2. The predicted molar refractivity (Wildman–Crippen MR) is 80.1 cm³/mol. The van der Waals surface area contributed by atoms with Crippen molar-refractivity contribution in [2.75, 3.05) is 7.11 Å². The van der Waals surface area contributed by atoms with Crippen LogP contribution in [-0.2, 0) is 25.9 Å². The van der Waals surface area contributed by atoms with Crippen molar-refractivity contribution >= 4 is 32.0 Å². The lowest BCUT2D eigenvalue weighted by atomic mass is 9.97. The zero-order valence-electron chi connectivity index (χ0n) is 11.8. The first-order valence-electron chi connectivity index (χ1n) is 6.16. The third-order valence-electron chi connectivity index (χ3n) is 3.28. The third-order valence-corrected chi connectivity index (χ3v) is 5.63.